The van der Waals surface area contributed by atoms with Gasteiger partial charge in [-0.3, -0.25) is 0 Å². The Kier molecular flexibility index (Phi) is 5.85. The summed E-state index contributed by atoms with van der Waals surface area (Å²) in [6, 6.07) is 21.7. The van der Waals surface area contributed by atoms with Crippen LogP contribution in [0.3, 0.4) is 0 Å². The number of aliphatic imine (C=N–C) groups is 1. The third-order valence-corrected chi connectivity index (χ3v) is 6.98. The molecule has 8 heteroatoms. The summed E-state index contributed by atoms with van der Waals surface area (Å²) in [5.74, 6) is -0.679. The number of thiophene rings is 1. The van der Waals surface area contributed by atoms with Crippen molar-refractivity contribution in [2.45, 2.75) is 0 Å². The lowest BCUT2D eigenvalue weighted by molar-refractivity contribution is -0.129. The maximum atomic E-state index is 12.9. The SMILES string of the molecule is O=C1OC(c2ccccc2)=N/C1=C/c1cc(Br)ccc1OC(=O)c1sc2ccccc2c1Cl. The van der Waals surface area contributed by atoms with Crippen molar-refractivity contribution in [3.8, 4) is 5.75 Å². The van der Waals surface area contributed by atoms with Crippen LogP contribution in [0, 0.1) is 0 Å². The molecule has 162 valence electrons. The summed E-state index contributed by atoms with van der Waals surface area (Å²) in [7, 11) is 0. The van der Waals surface area contributed by atoms with Crippen LogP contribution in [0.2, 0.25) is 5.02 Å². The molecule has 0 aliphatic carbocycles. The largest absolute Gasteiger partial charge is 0.422 e. The van der Waals surface area contributed by atoms with Crippen LogP contribution in [-0.2, 0) is 9.53 Å². The highest BCUT2D eigenvalue weighted by Crippen LogP contribution is 2.36. The predicted octanol–water partition coefficient (Wildman–Crippen LogP) is 6.88. The number of hydrogen-bond donors (Lipinski definition) is 0. The lowest BCUT2D eigenvalue weighted by Crippen LogP contribution is -2.08. The van der Waals surface area contributed by atoms with Crippen LogP contribution in [0.25, 0.3) is 16.2 Å². The first-order valence-electron chi connectivity index (χ1n) is 9.76. The average Bonchev–Trinajstić information content (AvgIpc) is 3.36. The van der Waals surface area contributed by atoms with E-state index in [-0.39, 0.29) is 17.3 Å². The molecule has 1 aromatic heterocycles. The van der Waals surface area contributed by atoms with Gasteiger partial charge in [0, 0.05) is 25.7 Å². The molecule has 0 spiro atoms. The third kappa shape index (κ3) is 4.35. The summed E-state index contributed by atoms with van der Waals surface area (Å²) in [6.07, 6.45) is 1.53. The van der Waals surface area contributed by atoms with Crippen LogP contribution < -0.4 is 4.74 Å². The molecular weight excluding hydrogens is 526 g/mol. The second kappa shape index (κ2) is 8.94. The topological polar surface area (TPSA) is 65.0 Å². The Morgan fingerprint density at radius 2 is 1.82 bits per heavy atom. The molecule has 2 heterocycles. The molecule has 1 aliphatic heterocycles. The molecule has 5 rings (SSSR count). The highest BCUT2D eigenvalue weighted by atomic mass is 79.9. The number of nitrogens with zero attached hydrogens (tertiary/aromatic N) is 1. The number of ether oxygens (including phenoxy) is 2. The van der Waals surface area contributed by atoms with E-state index < -0.39 is 11.9 Å². The average molecular weight is 539 g/mol. The van der Waals surface area contributed by atoms with Crippen molar-refractivity contribution in [3.63, 3.8) is 0 Å². The van der Waals surface area contributed by atoms with Crippen molar-refractivity contribution in [2.75, 3.05) is 0 Å². The van der Waals surface area contributed by atoms with Crippen LogP contribution >= 0.6 is 38.9 Å². The molecule has 0 saturated carbocycles. The minimum Gasteiger partial charge on any atom is -0.422 e. The van der Waals surface area contributed by atoms with Crippen molar-refractivity contribution in [1.29, 1.82) is 0 Å². The summed E-state index contributed by atoms with van der Waals surface area (Å²) in [5, 5.41) is 1.15. The Morgan fingerprint density at radius 3 is 2.61 bits per heavy atom. The van der Waals surface area contributed by atoms with E-state index in [1.54, 1.807) is 30.3 Å². The molecule has 0 amide bonds. The van der Waals surface area contributed by atoms with Crippen LogP contribution in [0.5, 0.6) is 5.75 Å². The van der Waals surface area contributed by atoms with Gasteiger partial charge in [-0.2, -0.15) is 0 Å². The van der Waals surface area contributed by atoms with Crippen molar-refractivity contribution < 1.29 is 19.1 Å². The molecule has 0 unspecified atom stereocenters. The van der Waals surface area contributed by atoms with E-state index in [2.05, 4.69) is 20.9 Å². The second-order valence-corrected chi connectivity index (χ2v) is 9.36. The Bertz CT molecular complexity index is 1480. The summed E-state index contributed by atoms with van der Waals surface area (Å²) in [6.45, 7) is 0. The minimum atomic E-state index is -0.585. The van der Waals surface area contributed by atoms with Crippen molar-refractivity contribution in [1.82, 2.24) is 0 Å². The fourth-order valence-electron chi connectivity index (χ4n) is 3.28. The van der Waals surface area contributed by atoms with E-state index in [0.29, 0.717) is 21.0 Å². The van der Waals surface area contributed by atoms with Gasteiger partial charge < -0.3 is 9.47 Å². The monoisotopic (exact) mass is 537 g/mol. The number of fused-ring (bicyclic) bond motifs is 1. The zero-order valence-corrected chi connectivity index (χ0v) is 19.9. The van der Waals surface area contributed by atoms with Gasteiger partial charge in [-0.1, -0.05) is 63.9 Å². The number of halogens is 2. The highest BCUT2D eigenvalue weighted by Gasteiger charge is 2.25. The normalized spacial score (nSPS) is 14.4. The standard InChI is InChI=1S/C25H13BrClNO4S/c26-16-10-11-19(31-25(30)22-21(27)17-8-4-5-9-20(17)33-22)15(12-16)13-18-24(29)32-23(28-18)14-6-2-1-3-7-14/h1-13H/b18-13+. The van der Waals surface area contributed by atoms with Gasteiger partial charge in [0.05, 0.1) is 5.02 Å². The molecule has 0 fully saturated rings. The van der Waals surface area contributed by atoms with Gasteiger partial charge in [0.2, 0.25) is 5.90 Å². The number of rotatable bonds is 4. The smallest absolute Gasteiger partial charge is 0.363 e. The fourth-order valence-corrected chi connectivity index (χ4v) is 5.04. The molecule has 0 bridgehead atoms. The zero-order chi connectivity index (χ0) is 22.9. The number of esters is 2. The van der Waals surface area contributed by atoms with Crippen LogP contribution in [0.4, 0.5) is 0 Å². The van der Waals surface area contributed by atoms with Crippen LogP contribution in [-0.4, -0.2) is 17.8 Å². The molecule has 4 aromatic rings. The molecule has 0 atom stereocenters. The van der Waals surface area contributed by atoms with E-state index >= 15 is 0 Å². The summed E-state index contributed by atoms with van der Waals surface area (Å²) >= 11 is 11.1. The molecule has 1 aliphatic rings. The molecule has 33 heavy (non-hydrogen) atoms. The molecule has 0 saturated heterocycles. The molecule has 0 radical (unpaired) electrons. The summed E-state index contributed by atoms with van der Waals surface area (Å²) in [4.78, 5) is 30.0. The van der Waals surface area contributed by atoms with Gasteiger partial charge in [0.25, 0.3) is 0 Å². The van der Waals surface area contributed by atoms with E-state index in [9.17, 15) is 9.59 Å². The fraction of sp³-hybridized carbons (Fsp3) is 0. The van der Waals surface area contributed by atoms with E-state index in [1.807, 2.05) is 42.5 Å². The summed E-state index contributed by atoms with van der Waals surface area (Å²) < 4.78 is 12.6. The number of hydrogen-bond acceptors (Lipinski definition) is 6. The van der Waals surface area contributed by atoms with Crippen LogP contribution in [0.15, 0.2) is 88.0 Å². The number of benzene rings is 3. The van der Waals surface area contributed by atoms with Gasteiger partial charge in [-0.05, 0) is 42.5 Å². The molecule has 5 nitrogen and oxygen atoms in total. The van der Waals surface area contributed by atoms with E-state index in [0.717, 1.165) is 14.6 Å². The van der Waals surface area contributed by atoms with Gasteiger partial charge in [-0.25, -0.2) is 14.6 Å². The molecule has 3 aromatic carbocycles. The Labute approximate surface area is 206 Å². The first-order chi connectivity index (χ1) is 16.0. The number of cyclic esters (lactones) is 1. The van der Waals surface area contributed by atoms with Crippen molar-refractivity contribution in [3.05, 3.63) is 104 Å². The second-order valence-electron chi connectivity index (χ2n) is 7.02. The number of carbonyl (C=O) groups is 2. The third-order valence-electron chi connectivity index (χ3n) is 4.83. The van der Waals surface area contributed by atoms with Gasteiger partial charge in [0.1, 0.15) is 10.6 Å². The summed E-state index contributed by atoms with van der Waals surface area (Å²) in [5.41, 5.74) is 1.28. The zero-order valence-electron chi connectivity index (χ0n) is 16.7. The number of carbonyl (C=O) groups excluding carboxylic acids is 2. The van der Waals surface area contributed by atoms with E-state index in [1.165, 1.54) is 17.4 Å². The lowest BCUT2D eigenvalue weighted by atomic mass is 10.1. The van der Waals surface area contributed by atoms with Gasteiger partial charge >= 0.3 is 11.9 Å². The Balaban J connectivity index is 1.48. The van der Waals surface area contributed by atoms with Gasteiger partial charge in [-0.15, -0.1) is 11.3 Å². The predicted molar refractivity (Wildman–Crippen MR) is 133 cm³/mol. The first-order valence-corrected chi connectivity index (χ1v) is 11.7. The minimum absolute atomic E-state index is 0.101. The first kappa shape index (κ1) is 21.6. The highest BCUT2D eigenvalue weighted by molar-refractivity contribution is 9.10. The maximum absolute atomic E-state index is 12.9. The van der Waals surface area contributed by atoms with Crippen LogP contribution in [0.1, 0.15) is 20.8 Å². The van der Waals surface area contributed by atoms with Gasteiger partial charge in [0.15, 0.2) is 5.70 Å². The van der Waals surface area contributed by atoms with Crippen molar-refractivity contribution in [2.24, 2.45) is 4.99 Å². The maximum Gasteiger partial charge on any atom is 0.363 e. The molecular formula is C25H13BrClNO4S. The van der Waals surface area contributed by atoms with Crippen molar-refractivity contribution >= 4 is 72.9 Å². The molecule has 0 N–H and O–H groups in total. The Morgan fingerprint density at radius 1 is 1.06 bits per heavy atom. The Hall–Kier alpha value is -3.26. The quantitative estimate of drug-likeness (QED) is 0.161. The van der Waals surface area contributed by atoms with E-state index in [4.69, 9.17) is 21.1 Å². The lowest BCUT2D eigenvalue weighted by Gasteiger charge is -2.08.